The van der Waals surface area contributed by atoms with E-state index in [1.54, 1.807) is 12.1 Å². The number of carbonyl (C=O) groups is 1. The third kappa shape index (κ3) is 4.13. The highest BCUT2D eigenvalue weighted by Gasteiger charge is 2.13. The van der Waals surface area contributed by atoms with Crippen LogP contribution in [-0.2, 0) is 4.79 Å². The number of primary amides is 1. The molecule has 0 radical (unpaired) electrons. The Labute approximate surface area is 135 Å². The maximum Gasteiger partial charge on any atom is 0.217 e. The molecular weight excluding hydrogens is 291 g/mol. The molecule has 0 aromatic heterocycles. The number of hydrogen-bond acceptors (Lipinski definition) is 2. The lowest BCUT2D eigenvalue weighted by atomic mass is 9.95. The van der Waals surface area contributed by atoms with Gasteiger partial charge in [-0.2, -0.15) is 0 Å². The third-order valence-electron chi connectivity index (χ3n) is 3.63. The van der Waals surface area contributed by atoms with E-state index >= 15 is 0 Å². The second kappa shape index (κ2) is 7.01. The molecule has 0 heterocycles. The van der Waals surface area contributed by atoms with Gasteiger partial charge < -0.3 is 11.1 Å². The second-order valence-corrected chi connectivity index (χ2v) is 5.48. The Hall–Kier alpha value is -2.75. The Balaban J connectivity index is 2.30. The SMILES string of the molecule is C=C1C=CC=C(c2ccc(C(=N)CCC(N)=O)cc2F)C(C)=C1. The smallest absolute Gasteiger partial charge is 0.217 e. The molecule has 4 heteroatoms. The molecule has 3 nitrogen and oxygen atoms in total. The van der Waals surface area contributed by atoms with Gasteiger partial charge in [-0.1, -0.05) is 43.0 Å². The number of hydrogen-bond donors (Lipinski definition) is 2. The van der Waals surface area contributed by atoms with Crippen LogP contribution in [0.15, 0.2) is 60.2 Å². The minimum absolute atomic E-state index is 0.0854. The Morgan fingerprint density at radius 1 is 1.35 bits per heavy atom. The lowest BCUT2D eigenvalue weighted by molar-refractivity contribution is -0.117. The van der Waals surface area contributed by atoms with Crippen LogP contribution in [0.4, 0.5) is 4.39 Å². The van der Waals surface area contributed by atoms with E-state index in [0.29, 0.717) is 11.1 Å². The van der Waals surface area contributed by atoms with Gasteiger partial charge in [-0.05, 0) is 41.7 Å². The monoisotopic (exact) mass is 310 g/mol. The van der Waals surface area contributed by atoms with Gasteiger partial charge >= 0.3 is 0 Å². The lowest BCUT2D eigenvalue weighted by Gasteiger charge is -2.11. The first-order valence-electron chi connectivity index (χ1n) is 7.30. The summed E-state index contributed by atoms with van der Waals surface area (Å²) in [6.07, 6.45) is 7.74. The summed E-state index contributed by atoms with van der Waals surface area (Å²) >= 11 is 0. The van der Waals surface area contributed by atoms with Crippen LogP contribution < -0.4 is 5.73 Å². The number of benzene rings is 1. The van der Waals surface area contributed by atoms with E-state index in [9.17, 15) is 9.18 Å². The number of allylic oxidation sites excluding steroid dienone is 7. The van der Waals surface area contributed by atoms with Gasteiger partial charge in [0.2, 0.25) is 5.91 Å². The largest absolute Gasteiger partial charge is 0.370 e. The minimum Gasteiger partial charge on any atom is -0.370 e. The number of nitrogens with one attached hydrogen (secondary N) is 1. The fourth-order valence-electron chi connectivity index (χ4n) is 2.42. The van der Waals surface area contributed by atoms with Crippen molar-refractivity contribution in [2.45, 2.75) is 19.8 Å². The third-order valence-corrected chi connectivity index (χ3v) is 3.63. The number of nitrogens with two attached hydrogens (primary N) is 1. The van der Waals surface area contributed by atoms with Crippen molar-refractivity contribution in [3.63, 3.8) is 0 Å². The van der Waals surface area contributed by atoms with Gasteiger partial charge in [0.05, 0.1) is 0 Å². The summed E-state index contributed by atoms with van der Waals surface area (Å²) in [5.41, 5.74) is 8.78. The van der Waals surface area contributed by atoms with Gasteiger partial charge in [-0.15, -0.1) is 0 Å². The molecule has 0 atom stereocenters. The maximum atomic E-state index is 14.5. The zero-order valence-corrected chi connectivity index (χ0v) is 13.0. The van der Waals surface area contributed by atoms with Gasteiger partial charge in [0.15, 0.2) is 0 Å². The van der Waals surface area contributed by atoms with E-state index in [-0.39, 0.29) is 18.6 Å². The van der Waals surface area contributed by atoms with Gasteiger partial charge in [-0.3, -0.25) is 4.79 Å². The van der Waals surface area contributed by atoms with Crippen molar-refractivity contribution in [3.05, 3.63) is 77.2 Å². The molecule has 118 valence electrons. The zero-order chi connectivity index (χ0) is 17.0. The van der Waals surface area contributed by atoms with Crippen molar-refractivity contribution in [2.75, 3.05) is 0 Å². The fourth-order valence-corrected chi connectivity index (χ4v) is 2.42. The molecule has 0 saturated carbocycles. The van der Waals surface area contributed by atoms with Gasteiger partial charge in [0.25, 0.3) is 0 Å². The van der Waals surface area contributed by atoms with Crippen LogP contribution in [0, 0.1) is 11.2 Å². The molecule has 0 fully saturated rings. The van der Waals surface area contributed by atoms with Crippen LogP contribution in [0.2, 0.25) is 0 Å². The van der Waals surface area contributed by atoms with Gasteiger partial charge in [0, 0.05) is 17.7 Å². The zero-order valence-electron chi connectivity index (χ0n) is 13.0. The molecule has 3 N–H and O–H groups in total. The molecule has 0 unspecified atom stereocenters. The van der Waals surface area contributed by atoms with Crippen LogP contribution in [-0.4, -0.2) is 11.6 Å². The summed E-state index contributed by atoms with van der Waals surface area (Å²) in [5.74, 6) is -0.866. The fraction of sp³-hybridized carbons (Fsp3) is 0.158. The summed E-state index contributed by atoms with van der Waals surface area (Å²) < 4.78 is 14.5. The van der Waals surface area contributed by atoms with Crippen molar-refractivity contribution < 1.29 is 9.18 Å². The number of rotatable bonds is 5. The van der Waals surface area contributed by atoms with Crippen molar-refractivity contribution in [3.8, 4) is 0 Å². The average Bonchev–Trinajstić information content (AvgIpc) is 2.65. The molecule has 23 heavy (non-hydrogen) atoms. The highest BCUT2D eigenvalue weighted by Crippen LogP contribution is 2.29. The van der Waals surface area contributed by atoms with Crippen molar-refractivity contribution in [1.29, 1.82) is 5.41 Å². The average molecular weight is 310 g/mol. The van der Waals surface area contributed by atoms with Crippen LogP contribution in [0.25, 0.3) is 5.57 Å². The Morgan fingerprint density at radius 3 is 2.74 bits per heavy atom. The molecule has 1 aromatic rings. The van der Waals surface area contributed by atoms with Crippen LogP contribution in [0.5, 0.6) is 0 Å². The van der Waals surface area contributed by atoms with E-state index in [4.69, 9.17) is 11.1 Å². The summed E-state index contributed by atoms with van der Waals surface area (Å²) in [6.45, 7) is 5.80. The summed E-state index contributed by atoms with van der Waals surface area (Å²) in [5, 5.41) is 7.91. The van der Waals surface area contributed by atoms with E-state index in [2.05, 4.69) is 6.58 Å². The molecule has 0 bridgehead atoms. The van der Waals surface area contributed by atoms with Crippen molar-refractivity contribution in [1.82, 2.24) is 0 Å². The van der Waals surface area contributed by atoms with Gasteiger partial charge in [-0.25, -0.2) is 4.39 Å². The van der Waals surface area contributed by atoms with Crippen LogP contribution >= 0.6 is 0 Å². The summed E-state index contributed by atoms with van der Waals surface area (Å²) in [7, 11) is 0. The highest BCUT2D eigenvalue weighted by atomic mass is 19.1. The summed E-state index contributed by atoms with van der Waals surface area (Å²) in [6, 6.07) is 4.68. The topological polar surface area (TPSA) is 66.9 Å². The summed E-state index contributed by atoms with van der Waals surface area (Å²) in [4.78, 5) is 10.8. The van der Waals surface area contributed by atoms with E-state index in [0.717, 1.165) is 16.7 Å². The molecule has 1 amide bonds. The maximum absolute atomic E-state index is 14.5. The van der Waals surface area contributed by atoms with E-state index in [1.165, 1.54) is 6.07 Å². The predicted molar refractivity (Wildman–Crippen MR) is 91.7 cm³/mol. The van der Waals surface area contributed by atoms with E-state index in [1.807, 2.05) is 31.2 Å². The number of carbonyl (C=O) groups excluding carboxylic acids is 1. The molecule has 1 aliphatic carbocycles. The molecular formula is C19H19FN2O. The number of amides is 1. The standard InChI is InChI=1S/C19H19FN2O/c1-12-4-3-5-15(13(2)10-12)16-7-6-14(11-17(16)20)18(21)8-9-19(22)23/h3-7,10-11,21H,1,8-9H2,2H3,(H2,22,23). The Morgan fingerprint density at radius 2 is 2.09 bits per heavy atom. The molecule has 2 rings (SSSR count). The van der Waals surface area contributed by atoms with Crippen molar-refractivity contribution >= 4 is 17.2 Å². The predicted octanol–water partition coefficient (Wildman–Crippen LogP) is 3.91. The van der Waals surface area contributed by atoms with Crippen molar-refractivity contribution in [2.24, 2.45) is 5.73 Å². The Kier molecular flexibility index (Phi) is 5.06. The molecule has 1 aliphatic rings. The molecule has 0 aliphatic heterocycles. The molecule has 0 spiro atoms. The molecule has 1 aromatic carbocycles. The Bertz CT molecular complexity index is 770. The highest BCUT2D eigenvalue weighted by molar-refractivity contribution is 6.00. The number of halogens is 1. The minimum atomic E-state index is -0.469. The molecule has 0 saturated heterocycles. The first-order valence-corrected chi connectivity index (χ1v) is 7.30. The van der Waals surface area contributed by atoms with Crippen LogP contribution in [0.1, 0.15) is 30.9 Å². The lowest BCUT2D eigenvalue weighted by Crippen LogP contribution is -2.13. The van der Waals surface area contributed by atoms with Crippen LogP contribution in [0.3, 0.4) is 0 Å². The normalized spacial score (nSPS) is 14.1. The first-order chi connectivity index (χ1) is 10.9. The quantitative estimate of drug-likeness (QED) is 0.795. The second-order valence-electron chi connectivity index (χ2n) is 5.48. The van der Waals surface area contributed by atoms with Gasteiger partial charge in [0.1, 0.15) is 5.82 Å². The first kappa shape index (κ1) is 16.6. The van der Waals surface area contributed by atoms with E-state index < -0.39 is 11.7 Å².